The fourth-order valence-corrected chi connectivity index (χ4v) is 3.63. The van der Waals surface area contributed by atoms with E-state index < -0.39 is 23.8 Å². The van der Waals surface area contributed by atoms with Crippen molar-refractivity contribution >= 4 is 35.4 Å². The van der Waals surface area contributed by atoms with Crippen molar-refractivity contribution in [2.24, 2.45) is 5.92 Å². The van der Waals surface area contributed by atoms with Crippen LogP contribution in [-0.4, -0.2) is 38.8 Å². The standard InChI is InChI=1S/C20H30N2O5S/c1-2-3-4-5-6-7-10-15(20(26)27)19(25)22-18-16(11-8-13-21-18)28-14-9-12-17(23)24/h8,11,13,15H,2-7,9-10,12,14H2,1H3,(H,23,24)(H,26,27)(H,21,22,25). The van der Waals surface area contributed by atoms with E-state index in [-0.39, 0.29) is 6.42 Å². The summed E-state index contributed by atoms with van der Waals surface area (Å²) in [6, 6.07) is 3.50. The number of carboxylic acid groups (broad SMARTS) is 2. The van der Waals surface area contributed by atoms with Crippen LogP contribution in [0.15, 0.2) is 23.2 Å². The third-order valence-electron chi connectivity index (χ3n) is 4.27. The molecule has 0 aliphatic heterocycles. The molecule has 3 N–H and O–H groups in total. The van der Waals surface area contributed by atoms with Gasteiger partial charge in [0.15, 0.2) is 0 Å². The van der Waals surface area contributed by atoms with Crippen molar-refractivity contribution in [1.82, 2.24) is 4.98 Å². The van der Waals surface area contributed by atoms with Crippen LogP contribution in [0.5, 0.6) is 0 Å². The van der Waals surface area contributed by atoms with Gasteiger partial charge in [0.25, 0.3) is 0 Å². The number of carbonyl (C=O) groups excluding carboxylic acids is 1. The molecule has 156 valence electrons. The van der Waals surface area contributed by atoms with Gasteiger partial charge in [-0.3, -0.25) is 14.4 Å². The average Bonchev–Trinajstić information content (AvgIpc) is 2.65. The molecule has 28 heavy (non-hydrogen) atoms. The number of nitrogens with zero attached hydrogens (tertiary/aromatic N) is 1. The van der Waals surface area contributed by atoms with Crippen LogP contribution in [0.25, 0.3) is 0 Å². The average molecular weight is 411 g/mol. The number of hydrogen-bond acceptors (Lipinski definition) is 5. The highest BCUT2D eigenvalue weighted by atomic mass is 32.2. The maximum absolute atomic E-state index is 12.5. The van der Waals surface area contributed by atoms with Gasteiger partial charge in [-0.25, -0.2) is 4.98 Å². The molecule has 1 aromatic rings. The number of aromatic nitrogens is 1. The second kappa shape index (κ2) is 14.0. The summed E-state index contributed by atoms with van der Waals surface area (Å²) in [4.78, 5) is 39.4. The zero-order valence-electron chi connectivity index (χ0n) is 16.4. The van der Waals surface area contributed by atoms with Gasteiger partial charge in [0.1, 0.15) is 11.7 Å². The predicted molar refractivity (Wildman–Crippen MR) is 110 cm³/mol. The van der Waals surface area contributed by atoms with Crippen molar-refractivity contribution in [2.45, 2.75) is 69.6 Å². The lowest BCUT2D eigenvalue weighted by Crippen LogP contribution is -2.30. The van der Waals surface area contributed by atoms with Crippen LogP contribution in [0.3, 0.4) is 0 Å². The number of carbonyl (C=O) groups is 3. The van der Waals surface area contributed by atoms with Crippen molar-refractivity contribution in [3.8, 4) is 0 Å². The molecule has 1 amide bonds. The monoisotopic (exact) mass is 410 g/mol. The van der Waals surface area contributed by atoms with Gasteiger partial charge in [0.05, 0.1) is 4.90 Å². The number of amides is 1. The molecule has 0 spiro atoms. The molecule has 1 aromatic heterocycles. The number of nitrogens with one attached hydrogen (secondary N) is 1. The topological polar surface area (TPSA) is 117 Å². The number of carboxylic acids is 2. The Hall–Kier alpha value is -2.09. The van der Waals surface area contributed by atoms with Gasteiger partial charge in [-0.1, -0.05) is 45.4 Å². The molecule has 1 rings (SSSR count). The number of rotatable bonds is 15. The Kier molecular flexibility index (Phi) is 12.0. The van der Waals surface area contributed by atoms with Gasteiger partial charge in [0, 0.05) is 12.6 Å². The number of hydrogen-bond donors (Lipinski definition) is 3. The molecule has 0 aromatic carbocycles. The van der Waals surface area contributed by atoms with Gasteiger partial charge >= 0.3 is 11.9 Å². The second-order valence-corrected chi connectivity index (χ2v) is 7.77. The molecule has 0 bridgehead atoms. The zero-order valence-corrected chi connectivity index (χ0v) is 17.2. The van der Waals surface area contributed by atoms with Gasteiger partial charge in [0.2, 0.25) is 5.91 Å². The minimum atomic E-state index is -1.13. The van der Waals surface area contributed by atoms with E-state index in [9.17, 15) is 19.5 Å². The fraction of sp³-hybridized carbons (Fsp3) is 0.600. The lowest BCUT2D eigenvalue weighted by molar-refractivity contribution is -0.146. The molecular formula is C20H30N2O5S. The maximum atomic E-state index is 12.5. The third kappa shape index (κ3) is 9.73. The summed E-state index contributed by atoms with van der Waals surface area (Å²) in [6.07, 6.45) is 8.55. The quantitative estimate of drug-likeness (QED) is 0.222. The van der Waals surface area contributed by atoms with E-state index in [0.29, 0.717) is 35.7 Å². The van der Waals surface area contributed by atoms with E-state index >= 15 is 0 Å². The highest BCUT2D eigenvalue weighted by Gasteiger charge is 2.26. The molecule has 0 aliphatic carbocycles. The van der Waals surface area contributed by atoms with Crippen LogP contribution in [0.1, 0.15) is 64.7 Å². The normalized spacial score (nSPS) is 11.8. The minimum absolute atomic E-state index is 0.0777. The third-order valence-corrected chi connectivity index (χ3v) is 5.40. The summed E-state index contributed by atoms with van der Waals surface area (Å²) in [5.41, 5.74) is 0. The number of anilines is 1. The van der Waals surface area contributed by atoms with Crippen molar-refractivity contribution in [3.05, 3.63) is 18.3 Å². The lowest BCUT2D eigenvalue weighted by Gasteiger charge is -2.14. The van der Waals surface area contributed by atoms with E-state index in [1.54, 1.807) is 12.1 Å². The maximum Gasteiger partial charge on any atom is 0.316 e. The highest BCUT2D eigenvalue weighted by Crippen LogP contribution is 2.26. The van der Waals surface area contributed by atoms with Gasteiger partial charge in [-0.2, -0.15) is 0 Å². The van der Waals surface area contributed by atoms with E-state index in [0.717, 1.165) is 25.7 Å². The number of unbranched alkanes of at least 4 members (excludes halogenated alkanes) is 5. The second-order valence-electron chi connectivity index (χ2n) is 6.63. The SMILES string of the molecule is CCCCCCCCC(C(=O)O)C(=O)Nc1ncccc1SCCCC(=O)O. The summed E-state index contributed by atoms with van der Waals surface area (Å²) in [5.74, 6) is -2.75. The fourth-order valence-electron chi connectivity index (χ4n) is 2.71. The van der Waals surface area contributed by atoms with Gasteiger partial charge in [-0.05, 0) is 30.7 Å². The molecule has 0 saturated heterocycles. The first-order chi connectivity index (χ1) is 13.5. The first-order valence-corrected chi connectivity index (χ1v) is 10.8. The van der Waals surface area contributed by atoms with Crippen LogP contribution < -0.4 is 5.32 Å². The lowest BCUT2D eigenvalue weighted by atomic mass is 9.99. The van der Waals surface area contributed by atoms with Crippen molar-refractivity contribution in [3.63, 3.8) is 0 Å². The van der Waals surface area contributed by atoms with E-state index in [1.165, 1.54) is 24.4 Å². The summed E-state index contributed by atoms with van der Waals surface area (Å²) in [7, 11) is 0. The van der Waals surface area contributed by atoms with E-state index in [4.69, 9.17) is 5.11 Å². The Morgan fingerprint density at radius 3 is 2.50 bits per heavy atom. The van der Waals surface area contributed by atoms with Crippen LogP contribution in [-0.2, 0) is 14.4 Å². The molecule has 0 aliphatic rings. The Morgan fingerprint density at radius 1 is 1.11 bits per heavy atom. The first-order valence-electron chi connectivity index (χ1n) is 9.79. The van der Waals surface area contributed by atoms with E-state index in [2.05, 4.69) is 17.2 Å². The Labute approximate surface area is 170 Å². The smallest absolute Gasteiger partial charge is 0.316 e. The summed E-state index contributed by atoms with van der Waals surface area (Å²) < 4.78 is 0. The predicted octanol–water partition coefficient (Wildman–Crippen LogP) is 4.43. The van der Waals surface area contributed by atoms with Crippen molar-refractivity contribution in [2.75, 3.05) is 11.1 Å². The molecule has 0 saturated carbocycles. The number of thioether (sulfide) groups is 1. The largest absolute Gasteiger partial charge is 0.481 e. The summed E-state index contributed by atoms with van der Waals surface area (Å²) >= 11 is 1.39. The Bertz CT molecular complexity index is 639. The highest BCUT2D eigenvalue weighted by molar-refractivity contribution is 7.99. The van der Waals surface area contributed by atoms with Crippen LogP contribution >= 0.6 is 11.8 Å². The minimum Gasteiger partial charge on any atom is -0.481 e. The molecule has 1 heterocycles. The first kappa shape index (κ1) is 23.9. The zero-order chi connectivity index (χ0) is 20.8. The van der Waals surface area contributed by atoms with Crippen molar-refractivity contribution < 1.29 is 24.6 Å². The molecule has 7 nitrogen and oxygen atoms in total. The molecule has 8 heteroatoms. The van der Waals surface area contributed by atoms with Crippen LogP contribution in [0.2, 0.25) is 0 Å². The Balaban J connectivity index is 2.57. The molecule has 0 radical (unpaired) electrons. The number of aliphatic carboxylic acids is 2. The van der Waals surface area contributed by atoms with Gasteiger partial charge < -0.3 is 15.5 Å². The summed E-state index contributed by atoms with van der Waals surface area (Å²) in [5, 5.41) is 20.7. The van der Waals surface area contributed by atoms with Crippen molar-refractivity contribution in [1.29, 1.82) is 0 Å². The molecule has 0 fully saturated rings. The van der Waals surface area contributed by atoms with E-state index in [1.807, 2.05) is 0 Å². The van der Waals surface area contributed by atoms with Crippen LogP contribution in [0.4, 0.5) is 5.82 Å². The summed E-state index contributed by atoms with van der Waals surface area (Å²) in [6.45, 7) is 2.14. The molecular weight excluding hydrogens is 380 g/mol. The Morgan fingerprint density at radius 2 is 1.82 bits per heavy atom. The molecule has 1 unspecified atom stereocenters. The molecule has 1 atom stereocenters. The number of pyridine rings is 1. The van der Waals surface area contributed by atoms with Gasteiger partial charge in [-0.15, -0.1) is 11.8 Å². The van der Waals surface area contributed by atoms with Crippen LogP contribution in [0, 0.1) is 5.92 Å².